The topological polar surface area (TPSA) is 95.1 Å². The van der Waals surface area contributed by atoms with E-state index in [0.717, 1.165) is 0 Å². The standard InChI is InChI=1S/C15H33N5O3S/c1-11(14(2,3)4)23-10-12(9-13-16-18-19-17-13)20(15(5,6)7)24(8,21)22/h11-12,18-19H,9-10H2,1-8H3,(H,16,17). The first-order chi connectivity index (χ1) is 10.7. The zero-order valence-corrected chi connectivity index (χ0v) is 16.9. The van der Waals surface area contributed by atoms with Gasteiger partial charge >= 0.3 is 0 Å². The molecular formula is C15H33N5O3S. The summed E-state index contributed by atoms with van der Waals surface area (Å²) in [6.45, 7) is 14.2. The molecule has 1 aliphatic heterocycles. The molecule has 8 nitrogen and oxygen atoms in total. The summed E-state index contributed by atoms with van der Waals surface area (Å²) in [4.78, 5) is 0. The largest absolute Gasteiger partial charge is 0.376 e. The van der Waals surface area contributed by atoms with Gasteiger partial charge in [0, 0.05) is 12.0 Å². The lowest BCUT2D eigenvalue weighted by Crippen LogP contribution is -2.54. The van der Waals surface area contributed by atoms with Gasteiger partial charge in [-0.1, -0.05) is 20.8 Å². The van der Waals surface area contributed by atoms with Crippen LogP contribution in [0.15, 0.2) is 5.10 Å². The minimum Gasteiger partial charge on any atom is -0.376 e. The molecule has 0 fully saturated rings. The fourth-order valence-corrected chi connectivity index (χ4v) is 4.25. The summed E-state index contributed by atoms with van der Waals surface area (Å²) < 4.78 is 32.4. The summed E-state index contributed by atoms with van der Waals surface area (Å²) in [5, 5.41) is 4.07. The molecule has 24 heavy (non-hydrogen) atoms. The number of hydrogen-bond donors (Lipinski definition) is 3. The van der Waals surface area contributed by atoms with E-state index in [1.54, 1.807) is 0 Å². The van der Waals surface area contributed by atoms with Crippen LogP contribution in [-0.4, -0.2) is 49.1 Å². The van der Waals surface area contributed by atoms with Crippen molar-refractivity contribution in [3.8, 4) is 0 Å². The maximum Gasteiger partial charge on any atom is 0.212 e. The van der Waals surface area contributed by atoms with E-state index in [0.29, 0.717) is 18.9 Å². The van der Waals surface area contributed by atoms with Gasteiger partial charge in [-0.2, -0.15) is 4.31 Å². The highest BCUT2D eigenvalue weighted by Gasteiger charge is 2.38. The fourth-order valence-electron chi connectivity index (χ4n) is 2.57. The van der Waals surface area contributed by atoms with Crippen LogP contribution in [0, 0.1) is 5.41 Å². The zero-order chi connectivity index (χ0) is 18.8. The molecule has 0 saturated heterocycles. The molecule has 0 spiro atoms. The van der Waals surface area contributed by atoms with Gasteiger partial charge in [-0.25, -0.2) is 14.0 Å². The third-order valence-corrected chi connectivity index (χ3v) is 5.55. The van der Waals surface area contributed by atoms with Crippen LogP contribution in [0.2, 0.25) is 0 Å². The van der Waals surface area contributed by atoms with Crippen LogP contribution in [0.4, 0.5) is 0 Å². The van der Waals surface area contributed by atoms with E-state index >= 15 is 0 Å². The second-order valence-electron chi connectivity index (χ2n) is 8.35. The molecule has 0 amide bonds. The number of hydrazone groups is 1. The smallest absolute Gasteiger partial charge is 0.212 e. The summed E-state index contributed by atoms with van der Waals surface area (Å²) in [5.74, 6) is 0.643. The van der Waals surface area contributed by atoms with Gasteiger partial charge in [0.25, 0.3) is 0 Å². The van der Waals surface area contributed by atoms with Gasteiger partial charge in [0.15, 0.2) is 0 Å². The maximum absolute atomic E-state index is 12.4. The first-order valence-electron chi connectivity index (χ1n) is 8.16. The quantitative estimate of drug-likeness (QED) is 0.629. The molecule has 0 aromatic carbocycles. The molecule has 1 rings (SSSR count). The molecule has 142 valence electrons. The lowest BCUT2D eigenvalue weighted by Gasteiger charge is -2.40. The Morgan fingerprint density at radius 2 is 1.79 bits per heavy atom. The molecule has 9 heteroatoms. The van der Waals surface area contributed by atoms with Crippen molar-refractivity contribution in [1.29, 1.82) is 0 Å². The van der Waals surface area contributed by atoms with Crippen LogP contribution in [0.1, 0.15) is 54.9 Å². The molecule has 1 heterocycles. The summed E-state index contributed by atoms with van der Waals surface area (Å²) >= 11 is 0. The third kappa shape index (κ3) is 6.19. The predicted octanol–water partition coefficient (Wildman–Crippen LogP) is 1.18. The minimum absolute atomic E-state index is 0.00361. The van der Waals surface area contributed by atoms with Gasteiger partial charge in [-0.05, 0) is 33.1 Å². The van der Waals surface area contributed by atoms with E-state index in [-0.39, 0.29) is 17.6 Å². The van der Waals surface area contributed by atoms with Crippen LogP contribution in [0.25, 0.3) is 0 Å². The number of sulfonamides is 1. The Hall–Kier alpha value is -0.900. The molecule has 0 radical (unpaired) electrons. The lowest BCUT2D eigenvalue weighted by atomic mass is 9.90. The predicted molar refractivity (Wildman–Crippen MR) is 96.6 cm³/mol. The Morgan fingerprint density at radius 1 is 1.21 bits per heavy atom. The molecule has 0 bridgehead atoms. The Morgan fingerprint density at radius 3 is 2.17 bits per heavy atom. The van der Waals surface area contributed by atoms with Crippen molar-refractivity contribution in [2.24, 2.45) is 10.5 Å². The Kier molecular flexibility index (Phi) is 6.65. The minimum atomic E-state index is -3.42. The highest BCUT2D eigenvalue weighted by Crippen LogP contribution is 2.26. The number of amidine groups is 1. The van der Waals surface area contributed by atoms with Crippen molar-refractivity contribution < 1.29 is 13.2 Å². The van der Waals surface area contributed by atoms with Crippen molar-refractivity contribution in [1.82, 2.24) is 20.8 Å². The van der Waals surface area contributed by atoms with Crippen molar-refractivity contribution in [2.75, 3.05) is 12.9 Å². The van der Waals surface area contributed by atoms with Crippen molar-refractivity contribution >= 4 is 15.9 Å². The maximum atomic E-state index is 12.4. The van der Waals surface area contributed by atoms with Gasteiger partial charge < -0.3 is 4.74 Å². The highest BCUT2D eigenvalue weighted by molar-refractivity contribution is 7.88. The average Bonchev–Trinajstić information content (AvgIpc) is 2.83. The molecule has 0 saturated carbocycles. The van der Waals surface area contributed by atoms with Crippen molar-refractivity contribution in [2.45, 2.75) is 72.6 Å². The Balaban J connectivity index is 3.02. The molecule has 3 N–H and O–H groups in total. The molecule has 0 aliphatic carbocycles. The second-order valence-corrected chi connectivity index (χ2v) is 10.2. The summed E-state index contributed by atoms with van der Waals surface area (Å²) in [7, 11) is -3.42. The molecule has 0 aromatic rings. The number of nitrogens with one attached hydrogen (secondary N) is 3. The number of hydrazine groups is 2. The van der Waals surface area contributed by atoms with E-state index < -0.39 is 15.6 Å². The number of ether oxygens (including phenoxy) is 1. The zero-order valence-electron chi connectivity index (χ0n) is 16.1. The SMILES string of the molecule is CC(OCC(CC1=NNNN1)N(C(C)(C)C)S(C)(=O)=O)C(C)(C)C. The van der Waals surface area contributed by atoms with E-state index in [4.69, 9.17) is 4.74 Å². The van der Waals surface area contributed by atoms with Gasteiger partial charge in [0.2, 0.25) is 10.0 Å². The average molecular weight is 364 g/mol. The van der Waals surface area contributed by atoms with E-state index in [1.165, 1.54) is 10.6 Å². The normalized spacial score (nSPS) is 18.8. The lowest BCUT2D eigenvalue weighted by molar-refractivity contribution is -0.0296. The Bertz CT molecular complexity index is 548. The van der Waals surface area contributed by atoms with Gasteiger partial charge in [-0.3, -0.25) is 5.43 Å². The Labute approximate surface area is 146 Å². The first-order valence-corrected chi connectivity index (χ1v) is 10.0. The van der Waals surface area contributed by atoms with Crippen molar-refractivity contribution in [3.63, 3.8) is 0 Å². The number of rotatable bonds is 7. The van der Waals surface area contributed by atoms with Gasteiger partial charge in [0.05, 0.1) is 25.0 Å². The third-order valence-electron chi connectivity index (χ3n) is 3.99. The number of hydrogen-bond acceptors (Lipinski definition) is 7. The van der Waals surface area contributed by atoms with Crippen LogP contribution in [0.5, 0.6) is 0 Å². The molecule has 0 aromatic heterocycles. The van der Waals surface area contributed by atoms with Crippen molar-refractivity contribution in [3.05, 3.63) is 0 Å². The summed E-state index contributed by atoms with van der Waals surface area (Å²) in [6.07, 6.45) is 1.65. The van der Waals surface area contributed by atoms with E-state index in [1.807, 2.05) is 27.7 Å². The summed E-state index contributed by atoms with van der Waals surface area (Å²) in [5.41, 5.74) is 7.56. The molecule has 2 atom stereocenters. The number of nitrogens with zero attached hydrogens (tertiary/aromatic N) is 2. The van der Waals surface area contributed by atoms with Gasteiger partial charge in [-0.15, -0.1) is 10.6 Å². The van der Waals surface area contributed by atoms with Crippen LogP contribution < -0.4 is 16.5 Å². The van der Waals surface area contributed by atoms with Crippen LogP contribution >= 0.6 is 0 Å². The molecule has 2 unspecified atom stereocenters. The fraction of sp³-hybridized carbons (Fsp3) is 0.933. The van der Waals surface area contributed by atoms with Crippen LogP contribution in [0.3, 0.4) is 0 Å². The van der Waals surface area contributed by atoms with E-state index in [9.17, 15) is 8.42 Å². The monoisotopic (exact) mass is 363 g/mol. The van der Waals surface area contributed by atoms with Gasteiger partial charge in [0.1, 0.15) is 5.84 Å². The van der Waals surface area contributed by atoms with E-state index in [2.05, 4.69) is 42.4 Å². The first kappa shape index (κ1) is 21.1. The second kappa shape index (κ2) is 7.55. The molecule has 1 aliphatic rings. The molecular weight excluding hydrogens is 330 g/mol. The van der Waals surface area contributed by atoms with Crippen LogP contribution in [-0.2, 0) is 14.8 Å². The highest BCUT2D eigenvalue weighted by atomic mass is 32.2. The summed E-state index contributed by atoms with van der Waals surface area (Å²) in [6, 6.07) is -0.363.